The lowest BCUT2D eigenvalue weighted by Crippen LogP contribution is -2.41. The van der Waals surface area contributed by atoms with Gasteiger partial charge in [-0.05, 0) is 31.2 Å². The Hall–Kier alpha value is -3.66. The summed E-state index contributed by atoms with van der Waals surface area (Å²) < 4.78 is 0. The average Bonchev–Trinajstić information content (AvgIpc) is 3.08. The Morgan fingerprint density at radius 1 is 1.07 bits per heavy atom. The molecule has 2 amide bonds. The van der Waals surface area contributed by atoms with E-state index < -0.39 is 16.7 Å². The van der Waals surface area contributed by atoms with Crippen LogP contribution in [0.1, 0.15) is 25.7 Å². The molecule has 0 bridgehead atoms. The molecule has 0 radical (unpaired) electrons. The van der Waals surface area contributed by atoms with Gasteiger partial charge in [-0.1, -0.05) is 6.07 Å². The van der Waals surface area contributed by atoms with Gasteiger partial charge in [0.25, 0.3) is 17.5 Å². The Morgan fingerprint density at radius 2 is 1.78 bits per heavy atom. The number of nitrogens with one attached hydrogen (secondary N) is 2. The quantitative estimate of drug-likeness (QED) is 0.526. The van der Waals surface area contributed by atoms with E-state index in [9.17, 15) is 19.7 Å². The maximum absolute atomic E-state index is 12.3. The number of carbonyl (C=O) groups excluding carboxylic acids is 2. The van der Waals surface area contributed by atoms with Crippen LogP contribution in [-0.4, -0.2) is 26.7 Å². The van der Waals surface area contributed by atoms with Gasteiger partial charge in [0, 0.05) is 23.9 Å². The largest absolute Gasteiger partial charge is 0.281 e. The van der Waals surface area contributed by atoms with Crippen LogP contribution in [0.15, 0.2) is 48.7 Å². The van der Waals surface area contributed by atoms with E-state index in [2.05, 4.69) is 20.8 Å². The normalized spacial score (nSPS) is 10.3. The molecule has 0 aliphatic heterocycles. The maximum atomic E-state index is 12.3. The van der Waals surface area contributed by atoms with Crippen LogP contribution < -0.4 is 10.9 Å². The second kappa shape index (κ2) is 7.70. The number of rotatable bonds is 4. The number of hydrazine groups is 1. The predicted octanol–water partition coefficient (Wildman–Crippen LogP) is 2.50. The van der Waals surface area contributed by atoms with Crippen LogP contribution >= 0.6 is 11.3 Å². The number of hydrogen-bond donors (Lipinski definition) is 2. The molecule has 0 unspecified atom stereocenters. The molecule has 0 saturated heterocycles. The summed E-state index contributed by atoms with van der Waals surface area (Å²) in [4.78, 5) is 43.3. The van der Waals surface area contributed by atoms with Crippen molar-refractivity contribution in [1.82, 2.24) is 20.8 Å². The summed E-state index contributed by atoms with van der Waals surface area (Å²) in [6.45, 7) is 1.69. The number of non-ortho nitro benzene ring substituents is 1. The Kier molecular flexibility index (Phi) is 5.18. The summed E-state index contributed by atoms with van der Waals surface area (Å²) in [6.07, 6.45) is 1.64. The summed E-state index contributed by atoms with van der Waals surface area (Å²) in [6, 6.07) is 10.4. The number of hydrogen-bond acceptors (Lipinski definition) is 7. The molecule has 0 atom stereocenters. The van der Waals surface area contributed by atoms with Crippen molar-refractivity contribution >= 4 is 28.8 Å². The fourth-order valence-corrected chi connectivity index (χ4v) is 3.12. The van der Waals surface area contributed by atoms with E-state index >= 15 is 0 Å². The van der Waals surface area contributed by atoms with Crippen molar-refractivity contribution in [3.63, 3.8) is 0 Å². The molecule has 0 fully saturated rings. The highest BCUT2D eigenvalue weighted by atomic mass is 32.1. The Balaban J connectivity index is 1.66. The molecule has 27 heavy (non-hydrogen) atoms. The van der Waals surface area contributed by atoms with Crippen LogP contribution in [0.3, 0.4) is 0 Å². The van der Waals surface area contributed by atoms with E-state index in [-0.39, 0.29) is 11.3 Å². The van der Waals surface area contributed by atoms with Gasteiger partial charge < -0.3 is 0 Å². The van der Waals surface area contributed by atoms with Gasteiger partial charge in [-0.2, -0.15) is 0 Å². The third-order valence-corrected chi connectivity index (χ3v) is 4.70. The summed E-state index contributed by atoms with van der Waals surface area (Å²) in [7, 11) is 0. The van der Waals surface area contributed by atoms with Crippen LogP contribution in [-0.2, 0) is 0 Å². The van der Waals surface area contributed by atoms with Crippen LogP contribution in [0, 0.1) is 17.0 Å². The van der Waals surface area contributed by atoms with E-state index in [0.29, 0.717) is 21.3 Å². The number of pyridine rings is 1. The van der Waals surface area contributed by atoms with Crippen molar-refractivity contribution in [3.8, 4) is 10.7 Å². The number of aryl methyl sites for hydroxylation is 1. The number of benzene rings is 1. The standard InChI is InChI=1S/C17H13N5O4S/c1-10-14(27-17(19-10)13-4-2-3-9-18-13)16(24)21-20-15(23)11-5-7-12(8-6-11)22(25)26/h2-9H,1H3,(H,20,23)(H,21,24). The molecule has 2 N–H and O–H groups in total. The number of thiazole rings is 1. The number of nitro benzene ring substituents is 1. The van der Waals surface area contributed by atoms with Gasteiger partial charge in [-0.25, -0.2) is 4.98 Å². The minimum Gasteiger partial charge on any atom is -0.267 e. The van der Waals surface area contributed by atoms with Gasteiger partial charge >= 0.3 is 0 Å². The lowest BCUT2D eigenvalue weighted by Gasteiger charge is -2.06. The van der Waals surface area contributed by atoms with Crippen molar-refractivity contribution in [1.29, 1.82) is 0 Å². The lowest BCUT2D eigenvalue weighted by atomic mass is 10.2. The zero-order valence-corrected chi connectivity index (χ0v) is 14.8. The molecule has 0 aliphatic rings. The monoisotopic (exact) mass is 383 g/mol. The third kappa shape index (κ3) is 4.12. The zero-order valence-electron chi connectivity index (χ0n) is 14.0. The molecular formula is C17H13N5O4S. The van der Waals surface area contributed by atoms with Crippen LogP contribution in [0.2, 0.25) is 0 Å². The molecule has 3 aromatic rings. The van der Waals surface area contributed by atoms with Gasteiger partial charge in [0.1, 0.15) is 9.88 Å². The number of nitro groups is 1. The molecule has 0 aliphatic carbocycles. The van der Waals surface area contributed by atoms with Gasteiger partial charge in [0.05, 0.1) is 16.3 Å². The zero-order chi connectivity index (χ0) is 19.4. The molecule has 10 heteroatoms. The number of aromatic nitrogens is 2. The highest BCUT2D eigenvalue weighted by Gasteiger charge is 2.18. The number of carbonyl (C=O) groups is 2. The van der Waals surface area contributed by atoms with E-state index in [1.54, 1.807) is 25.3 Å². The first-order valence-electron chi connectivity index (χ1n) is 7.69. The third-order valence-electron chi connectivity index (χ3n) is 3.52. The fraction of sp³-hybridized carbons (Fsp3) is 0.0588. The fourth-order valence-electron chi connectivity index (χ4n) is 2.18. The highest BCUT2D eigenvalue weighted by molar-refractivity contribution is 7.17. The topological polar surface area (TPSA) is 127 Å². The Morgan fingerprint density at radius 3 is 2.41 bits per heavy atom. The first-order chi connectivity index (χ1) is 13.0. The van der Waals surface area contributed by atoms with Crippen LogP contribution in [0.5, 0.6) is 0 Å². The molecular weight excluding hydrogens is 370 g/mol. The first-order valence-corrected chi connectivity index (χ1v) is 8.51. The van der Waals surface area contributed by atoms with Gasteiger partial charge in [-0.3, -0.25) is 35.5 Å². The van der Waals surface area contributed by atoms with Crippen molar-refractivity contribution in [2.75, 3.05) is 0 Å². The molecule has 1 aromatic carbocycles. The summed E-state index contributed by atoms with van der Waals surface area (Å²) in [5.41, 5.74) is 5.81. The summed E-state index contributed by atoms with van der Waals surface area (Å²) >= 11 is 1.16. The van der Waals surface area contributed by atoms with Crippen molar-refractivity contribution < 1.29 is 14.5 Å². The molecule has 136 valence electrons. The van der Waals surface area contributed by atoms with E-state index in [0.717, 1.165) is 11.3 Å². The average molecular weight is 383 g/mol. The van der Waals surface area contributed by atoms with Crippen molar-refractivity contribution in [2.24, 2.45) is 0 Å². The van der Waals surface area contributed by atoms with Gasteiger partial charge in [-0.15, -0.1) is 11.3 Å². The lowest BCUT2D eigenvalue weighted by molar-refractivity contribution is -0.384. The molecule has 3 rings (SSSR count). The van der Waals surface area contributed by atoms with Gasteiger partial charge in [0.2, 0.25) is 0 Å². The van der Waals surface area contributed by atoms with E-state index in [4.69, 9.17) is 0 Å². The summed E-state index contributed by atoms with van der Waals surface area (Å²) in [5.74, 6) is -1.10. The van der Waals surface area contributed by atoms with Crippen molar-refractivity contribution in [2.45, 2.75) is 6.92 Å². The van der Waals surface area contributed by atoms with Gasteiger partial charge in [0.15, 0.2) is 0 Å². The molecule has 0 spiro atoms. The second-order valence-electron chi connectivity index (χ2n) is 5.36. The molecule has 2 heterocycles. The van der Waals surface area contributed by atoms with Crippen LogP contribution in [0.4, 0.5) is 5.69 Å². The molecule has 0 saturated carbocycles. The Labute approximate surface area is 157 Å². The predicted molar refractivity (Wildman–Crippen MR) is 98.1 cm³/mol. The number of nitrogens with zero attached hydrogens (tertiary/aromatic N) is 3. The smallest absolute Gasteiger partial charge is 0.267 e. The SMILES string of the molecule is Cc1nc(-c2ccccn2)sc1C(=O)NNC(=O)c1ccc([N+](=O)[O-])cc1. The van der Waals surface area contributed by atoms with E-state index in [1.165, 1.54) is 24.3 Å². The Bertz CT molecular complexity index is 1000. The first kappa shape index (κ1) is 18.1. The van der Waals surface area contributed by atoms with E-state index in [1.807, 2.05) is 6.07 Å². The molecule has 9 nitrogen and oxygen atoms in total. The second-order valence-corrected chi connectivity index (χ2v) is 6.36. The minimum atomic E-state index is -0.592. The van der Waals surface area contributed by atoms with Crippen LogP contribution in [0.25, 0.3) is 10.7 Å². The summed E-state index contributed by atoms with van der Waals surface area (Å²) in [5, 5.41) is 11.2. The maximum Gasteiger partial charge on any atom is 0.281 e. The van der Waals surface area contributed by atoms with Crippen molar-refractivity contribution in [3.05, 3.63) is 74.9 Å². The number of amides is 2. The minimum absolute atomic E-state index is 0.127. The highest BCUT2D eigenvalue weighted by Crippen LogP contribution is 2.26. The molecule has 2 aromatic heterocycles.